The van der Waals surface area contributed by atoms with Crippen LogP contribution in [-0.2, 0) is 0 Å². The molecule has 0 saturated carbocycles. The molecule has 2 bridgehead atoms. The number of nitrogens with zero attached hydrogens (tertiary/aromatic N) is 6. The second kappa shape index (κ2) is 9.07. The van der Waals surface area contributed by atoms with E-state index in [4.69, 9.17) is 19.7 Å². The minimum absolute atomic E-state index is 0.0557. The Morgan fingerprint density at radius 1 is 1.05 bits per heavy atom. The van der Waals surface area contributed by atoms with Crippen molar-refractivity contribution in [2.24, 2.45) is 0 Å². The van der Waals surface area contributed by atoms with E-state index >= 15 is 4.39 Å². The first kappa shape index (κ1) is 24.4. The van der Waals surface area contributed by atoms with E-state index in [2.05, 4.69) is 25.3 Å². The van der Waals surface area contributed by atoms with Gasteiger partial charge in [0.25, 0.3) is 0 Å². The molecule has 0 radical (unpaired) electrons. The molecule has 3 aromatic heterocycles. The molecule has 8 rings (SSSR count). The summed E-state index contributed by atoms with van der Waals surface area (Å²) in [7, 11) is 0. The maximum atomic E-state index is 16.7. The lowest BCUT2D eigenvalue weighted by atomic mass is 9.95. The van der Waals surface area contributed by atoms with E-state index in [1.807, 2.05) is 19.9 Å². The minimum Gasteiger partial charge on any atom is -0.461 e. The molecular formula is C30H35FN8O. The number of benzene rings is 1. The molecular weight excluding hydrogens is 507 g/mol. The molecule has 4 aromatic rings. The Morgan fingerprint density at radius 3 is 2.60 bits per heavy atom. The van der Waals surface area contributed by atoms with E-state index in [1.165, 1.54) is 12.8 Å². The highest BCUT2D eigenvalue weighted by molar-refractivity contribution is 5.99. The van der Waals surface area contributed by atoms with Crippen LogP contribution in [0.5, 0.6) is 6.01 Å². The van der Waals surface area contributed by atoms with Gasteiger partial charge >= 0.3 is 6.01 Å². The van der Waals surface area contributed by atoms with Crippen molar-refractivity contribution >= 4 is 27.6 Å². The third kappa shape index (κ3) is 3.72. The van der Waals surface area contributed by atoms with E-state index < -0.39 is 5.82 Å². The van der Waals surface area contributed by atoms with E-state index in [0.29, 0.717) is 24.1 Å². The first-order valence-electron chi connectivity index (χ1n) is 14.7. The molecule has 10 heteroatoms. The summed E-state index contributed by atoms with van der Waals surface area (Å²) in [5, 5.41) is 12.4. The van der Waals surface area contributed by atoms with Gasteiger partial charge in [0.2, 0.25) is 0 Å². The number of aryl methyl sites for hydroxylation is 1. The van der Waals surface area contributed by atoms with Gasteiger partial charge in [-0.1, -0.05) is 0 Å². The van der Waals surface area contributed by atoms with Crippen molar-refractivity contribution in [3.05, 3.63) is 35.4 Å². The Morgan fingerprint density at radius 2 is 1.82 bits per heavy atom. The van der Waals surface area contributed by atoms with E-state index in [1.54, 1.807) is 12.4 Å². The highest BCUT2D eigenvalue weighted by atomic mass is 19.1. The molecule has 40 heavy (non-hydrogen) atoms. The standard InChI is InChI=1S/C30H35FN8O/c1-17-11-23-21(13-33-37-23)24(18(17)2)27-25(31)26-22(12-32-27)28(38-14-19-5-6-20(15-38)34-19)36-29(35-26)40-16-30-7-3-9-39(30)10-4-8-30/h11-13,19-20,34H,3-10,14-16H2,1-2H3,(H,33,37). The van der Waals surface area contributed by atoms with Crippen LogP contribution in [0.4, 0.5) is 10.2 Å². The molecule has 1 aromatic carbocycles. The van der Waals surface area contributed by atoms with Gasteiger partial charge in [0, 0.05) is 42.3 Å². The molecule has 208 valence electrons. The third-order valence-corrected chi connectivity index (χ3v) is 9.94. The summed E-state index contributed by atoms with van der Waals surface area (Å²) in [6.07, 6.45) is 10.4. The van der Waals surface area contributed by atoms with E-state index in [9.17, 15) is 0 Å². The number of fused-ring (bicyclic) bond motifs is 5. The predicted molar refractivity (Wildman–Crippen MR) is 152 cm³/mol. The Hall–Kier alpha value is -3.37. The smallest absolute Gasteiger partial charge is 0.319 e. The Balaban J connectivity index is 1.26. The van der Waals surface area contributed by atoms with Crippen molar-refractivity contribution in [2.45, 2.75) is 70.0 Å². The number of rotatable bonds is 5. The fourth-order valence-electron chi connectivity index (χ4n) is 7.77. The minimum atomic E-state index is -0.443. The number of aromatic nitrogens is 5. The van der Waals surface area contributed by atoms with Crippen LogP contribution in [0.1, 0.15) is 49.7 Å². The normalized spacial score (nSPS) is 23.9. The fourth-order valence-corrected chi connectivity index (χ4v) is 7.77. The number of halogens is 1. The first-order chi connectivity index (χ1) is 19.5. The summed E-state index contributed by atoms with van der Waals surface area (Å²) in [5.74, 6) is 0.278. The van der Waals surface area contributed by atoms with Crippen molar-refractivity contribution in [2.75, 3.05) is 37.7 Å². The molecule has 2 unspecified atom stereocenters. The molecule has 0 aliphatic carbocycles. The van der Waals surface area contributed by atoms with Crippen LogP contribution in [0.3, 0.4) is 0 Å². The second-order valence-corrected chi connectivity index (χ2v) is 12.3. The van der Waals surface area contributed by atoms with Crippen molar-refractivity contribution in [1.29, 1.82) is 0 Å². The molecule has 4 saturated heterocycles. The number of nitrogens with one attached hydrogen (secondary N) is 2. The molecule has 4 fully saturated rings. The molecule has 9 nitrogen and oxygen atoms in total. The highest BCUT2D eigenvalue weighted by Gasteiger charge is 2.45. The van der Waals surface area contributed by atoms with Crippen molar-refractivity contribution < 1.29 is 9.13 Å². The highest BCUT2D eigenvalue weighted by Crippen LogP contribution is 2.40. The summed E-state index contributed by atoms with van der Waals surface area (Å²) >= 11 is 0. The van der Waals surface area contributed by atoms with Gasteiger partial charge in [0.1, 0.15) is 23.6 Å². The predicted octanol–water partition coefficient (Wildman–Crippen LogP) is 4.27. The number of piperazine rings is 1. The molecule has 4 aliphatic rings. The Bertz CT molecular complexity index is 1610. The van der Waals surface area contributed by atoms with E-state index in [-0.39, 0.29) is 22.8 Å². The summed E-state index contributed by atoms with van der Waals surface area (Å²) in [4.78, 5) is 19.2. The fraction of sp³-hybridized carbons (Fsp3) is 0.533. The summed E-state index contributed by atoms with van der Waals surface area (Å²) in [5.41, 5.74) is 4.24. The Labute approximate surface area is 232 Å². The number of hydrogen-bond donors (Lipinski definition) is 2. The molecule has 4 aliphatic heterocycles. The average Bonchev–Trinajstić information content (AvgIpc) is 3.73. The van der Waals surface area contributed by atoms with Gasteiger partial charge in [-0.3, -0.25) is 15.0 Å². The maximum absolute atomic E-state index is 16.7. The van der Waals surface area contributed by atoms with Crippen molar-refractivity contribution in [3.8, 4) is 17.3 Å². The summed E-state index contributed by atoms with van der Waals surface area (Å²) in [6, 6.07) is 3.13. The summed E-state index contributed by atoms with van der Waals surface area (Å²) < 4.78 is 23.1. The van der Waals surface area contributed by atoms with Crippen LogP contribution >= 0.6 is 0 Å². The first-order valence-corrected chi connectivity index (χ1v) is 14.7. The summed E-state index contributed by atoms with van der Waals surface area (Å²) in [6.45, 7) is 8.48. The van der Waals surface area contributed by atoms with Gasteiger partial charge < -0.3 is 15.0 Å². The monoisotopic (exact) mass is 542 g/mol. The third-order valence-electron chi connectivity index (χ3n) is 9.94. The number of anilines is 1. The molecule has 0 amide bonds. The van der Waals surface area contributed by atoms with Gasteiger partial charge in [-0.15, -0.1) is 0 Å². The Kier molecular flexibility index (Phi) is 5.54. The lowest BCUT2D eigenvalue weighted by Crippen LogP contribution is -2.51. The lowest BCUT2D eigenvalue weighted by Gasteiger charge is -2.34. The zero-order valence-electron chi connectivity index (χ0n) is 23.1. The van der Waals surface area contributed by atoms with Gasteiger partial charge in [0.15, 0.2) is 5.82 Å². The van der Waals surface area contributed by atoms with Crippen LogP contribution in [-0.4, -0.2) is 80.5 Å². The largest absolute Gasteiger partial charge is 0.461 e. The average molecular weight is 543 g/mol. The number of hydrogen-bond acceptors (Lipinski definition) is 8. The molecule has 2 atom stereocenters. The van der Waals surface area contributed by atoms with Crippen molar-refractivity contribution in [1.82, 2.24) is 35.4 Å². The SMILES string of the molecule is Cc1cc2[nH]ncc2c(-c2ncc3c(N4CC5CCC(C4)N5)nc(OCC45CCCN4CCC5)nc3c2F)c1C. The van der Waals surface area contributed by atoms with Crippen LogP contribution in [0.15, 0.2) is 18.5 Å². The number of pyridine rings is 1. The number of ether oxygens (including phenoxy) is 1. The number of aromatic amines is 1. The molecule has 2 N–H and O–H groups in total. The van der Waals surface area contributed by atoms with Crippen LogP contribution in [0.2, 0.25) is 0 Å². The lowest BCUT2D eigenvalue weighted by molar-refractivity contribution is 0.108. The van der Waals surface area contributed by atoms with Gasteiger partial charge in [-0.2, -0.15) is 15.1 Å². The maximum Gasteiger partial charge on any atom is 0.319 e. The van der Waals surface area contributed by atoms with Gasteiger partial charge in [-0.05, 0) is 82.7 Å². The topological polar surface area (TPSA) is 95.1 Å². The van der Waals surface area contributed by atoms with Crippen LogP contribution in [0.25, 0.3) is 33.1 Å². The van der Waals surface area contributed by atoms with Crippen molar-refractivity contribution in [3.63, 3.8) is 0 Å². The molecule has 7 heterocycles. The van der Waals surface area contributed by atoms with Gasteiger partial charge in [-0.25, -0.2) is 4.39 Å². The quantitative estimate of drug-likeness (QED) is 0.386. The number of H-pyrrole nitrogens is 1. The van der Waals surface area contributed by atoms with Crippen LogP contribution in [0, 0.1) is 19.7 Å². The zero-order chi connectivity index (χ0) is 27.0. The van der Waals surface area contributed by atoms with E-state index in [0.717, 1.165) is 85.3 Å². The zero-order valence-corrected chi connectivity index (χ0v) is 23.1. The van der Waals surface area contributed by atoms with Gasteiger partial charge in [0.05, 0.1) is 22.6 Å². The second-order valence-electron chi connectivity index (χ2n) is 12.3. The van der Waals surface area contributed by atoms with Crippen LogP contribution < -0.4 is 15.0 Å². The molecule has 0 spiro atoms.